The van der Waals surface area contributed by atoms with Crippen LogP contribution in [0.5, 0.6) is 0 Å². The van der Waals surface area contributed by atoms with Crippen LogP contribution < -0.4 is 0 Å². The van der Waals surface area contributed by atoms with Crippen molar-refractivity contribution in [1.82, 2.24) is 0 Å². The standard InChI is InChI=1S/C12H18O/c1-2-3-4-5-8-11-9-6-7-10-12(11)13/h3,11H,1,4-10H2. The molecule has 0 aromatic heterocycles. The molecule has 1 nitrogen and oxygen atoms in total. The van der Waals surface area contributed by atoms with Gasteiger partial charge in [-0.15, -0.1) is 5.73 Å². The SMILES string of the molecule is C=C=CCCCC1CCCCC1=O. The van der Waals surface area contributed by atoms with Crippen LogP contribution in [0.2, 0.25) is 0 Å². The van der Waals surface area contributed by atoms with Gasteiger partial charge in [0, 0.05) is 12.3 Å². The Morgan fingerprint density at radius 2 is 2.38 bits per heavy atom. The Kier molecular flexibility index (Phi) is 4.56. The van der Waals surface area contributed by atoms with E-state index < -0.39 is 0 Å². The smallest absolute Gasteiger partial charge is 0.135 e. The summed E-state index contributed by atoms with van der Waals surface area (Å²) in [4.78, 5) is 11.4. The third-order valence-electron chi connectivity index (χ3n) is 2.73. The molecule has 1 aliphatic carbocycles. The van der Waals surface area contributed by atoms with E-state index in [2.05, 4.69) is 12.3 Å². The van der Waals surface area contributed by atoms with Gasteiger partial charge >= 0.3 is 0 Å². The van der Waals surface area contributed by atoms with Crippen molar-refractivity contribution in [2.75, 3.05) is 0 Å². The van der Waals surface area contributed by atoms with Gasteiger partial charge in [-0.1, -0.05) is 13.0 Å². The van der Waals surface area contributed by atoms with Gasteiger partial charge in [0.2, 0.25) is 0 Å². The van der Waals surface area contributed by atoms with Crippen LogP contribution in [0.4, 0.5) is 0 Å². The fraction of sp³-hybridized carbons (Fsp3) is 0.667. The van der Waals surface area contributed by atoms with Crippen LogP contribution in [-0.4, -0.2) is 5.78 Å². The molecule has 0 amide bonds. The molecule has 0 spiro atoms. The maximum Gasteiger partial charge on any atom is 0.135 e. The van der Waals surface area contributed by atoms with E-state index in [0.29, 0.717) is 11.7 Å². The van der Waals surface area contributed by atoms with Crippen LogP contribution >= 0.6 is 0 Å². The van der Waals surface area contributed by atoms with Crippen LogP contribution in [0.1, 0.15) is 44.9 Å². The van der Waals surface area contributed by atoms with Crippen LogP contribution in [-0.2, 0) is 4.79 Å². The highest BCUT2D eigenvalue weighted by Crippen LogP contribution is 2.24. The summed E-state index contributed by atoms with van der Waals surface area (Å²) in [5, 5.41) is 0. The highest BCUT2D eigenvalue weighted by molar-refractivity contribution is 5.81. The number of hydrogen-bond donors (Lipinski definition) is 0. The maximum absolute atomic E-state index is 11.4. The Morgan fingerprint density at radius 1 is 1.54 bits per heavy atom. The lowest BCUT2D eigenvalue weighted by molar-refractivity contribution is -0.124. The predicted octanol–water partition coefficient (Wildman–Crippen LogP) is 3.26. The van der Waals surface area contributed by atoms with E-state index in [1.807, 2.05) is 6.08 Å². The zero-order valence-corrected chi connectivity index (χ0v) is 8.22. The van der Waals surface area contributed by atoms with Gasteiger partial charge in [-0.3, -0.25) is 4.79 Å². The van der Waals surface area contributed by atoms with Crippen molar-refractivity contribution < 1.29 is 4.79 Å². The van der Waals surface area contributed by atoms with Crippen LogP contribution in [0.25, 0.3) is 0 Å². The molecule has 1 heteroatoms. The summed E-state index contributed by atoms with van der Waals surface area (Å²) >= 11 is 0. The highest BCUT2D eigenvalue weighted by Gasteiger charge is 2.20. The van der Waals surface area contributed by atoms with Crippen LogP contribution in [0.3, 0.4) is 0 Å². The quantitative estimate of drug-likeness (QED) is 0.477. The Hall–Kier alpha value is -0.810. The minimum atomic E-state index is 0.368. The van der Waals surface area contributed by atoms with Gasteiger partial charge < -0.3 is 0 Å². The number of hydrogen-bond acceptors (Lipinski definition) is 1. The highest BCUT2D eigenvalue weighted by atomic mass is 16.1. The number of carbonyl (C=O) groups excluding carboxylic acids is 1. The number of Topliss-reactive ketones (excluding diaryl/α,β-unsaturated/α-hetero) is 1. The lowest BCUT2D eigenvalue weighted by Gasteiger charge is -2.19. The van der Waals surface area contributed by atoms with E-state index in [1.165, 1.54) is 6.42 Å². The zero-order valence-electron chi connectivity index (χ0n) is 8.22. The molecular weight excluding hydrogens is 160 g/mol. The first-order chi connectivity index (χ1) is 6.34. The normalized spacial score (nSPS) is 22.5. The summed E-state index contributed by atoms with van der Waals surface area (Å²) in [7, 11) is 0. The van der Waals surface area contributed by atoms with Gasteiger partial charge in [-0.25, -0.2) is 0 Å². The minimum Gasteiger partial charge on any atom is -0.299 e. The van der Waals surface area contributed by atoms with Gasteiger partial charge in [0.15, 0.2) is 0 Å². The van der Waals surface area contributed by atoms with Crippen LogP contribution in [0.15, 0.2) is 18.4 Å². The second-order valence-electron chi connectivity index (χ2n) is 3.75. The minimum absolute atomic E-state index is 0.368. The fourth-order valence-electron chi connectivity index (χ4n) is 1.93. The third-order valence-corrected chi connectivity index (χ3v) is 2.73. The number of allylic oxidation sites excluding steroid dienone is 1. The first-order valence-corrected chi connectivity index (χ1v) is 5.21. The van der Waals surface area contributed by atoms with Gasteiger partial charge in [0.1, 0.15) is 5.78 Å². The summed E-state index contributed by atoms with van der Waals surface area (Å²) in [6.07, 6.45) is 9.45. The van der Waals surface area contributed by atoms with Crippen molar-refractivity contribution in [2.24, 2.45) is 5.92 Å². The average molecular weight is 178 g/mol. The molecule has 72 valence electrons. The van der Waals surface area contributed by atoms with Crippen molar-refractivity contribution in [3.8, 4) is 0 Å². The Labute approximate surface area is 80.5 Å². The average Bonchev–Trinajstić information content (AvgIpc) is 2.15. The van der Waals surface area contributed by atoms with Gasteiger partial charge in [0.25, 0.3) is 0 Å². The van der Waals surface area contributed by atoms with Crippen molar-refractivity contribution in [1.29, 1.82) is 0 Å². The predicted molar refractivity (Wildman–Crippen MR) is 54.5 cm³/mol. The maximum atomic E-state index is 11.4. The van der Waals surface area contributed by atoms with Crippen molar-refractivity contribution in [3.63, 3.8) is 0 Å². The van der Waals surface area contributed by atoms with Gasteiger partial charge in [-0.2, -0.15) is 0 Å². The zero-order chi connectivity index (χ0) is 9.52. The second-order valence-corrected chi connectivity index (χ2v) is 3.75. The van der Waals surface area contributed by atoms with E-state index in [9.17, 15) is 4.79 Å². The molecule has 0 N–H and O–H groups in total. The molecular formula is C12H18O. The van der Waals surface area contributed by atoms with Crippen LogP contribution in [0, 0.1) is 5.92 Å². The molecule has 0 aromatic rings. The summed E-state index contributed by atoms with van der Waals surface area (Å²) in [6, 6.07) is 0. The van der Waals surface area contributed by atoms with Crippen molar-refractivity contribution in [2.45, 2.75) is 44.9 Å². The first kappa shape index (κ1) is 10.3. The third kappa shape index (κ3) is 3.61. The molecule has 1 unspecified atom stereocenters. The molecule has 0 aliphatic heterocycles. The monoisotopic (exact) mass is 178 g/mol. The number of unbranched alkanes of at least 4 members (excludes halogenated alkanes) is 1. The molecule has 0 saturated heterocycles. The molecule has 1 atom stereocenters. The molecule has 0 heterocycles. The molecule has 1 fully saturated rings. The Morgan fingerprint density at radius 3 is 3.08 bits per heavy atom. The largest absolute Gasteiger partial charge is 0.299 e. The molecule has 13 heavy (non-hydrogen) atoms. The lowest BCUT2D eigenvalue weighted by Crippen LogP contribution is -2.18. The first-order valence-electron chi connectivity index (χ1n) is 5.21. The Balaban J connectivity index is 2.18. The number of rotatable bonds is 4. The van der Waals surface area contributed by atoms with E-state index in [-0.39, 0.29) is 0 Å². The van der Waals surface area contributed by atoms with E-state index >= 15 is 0 Å². The molecule has 1 aliphatic rings. The van der Waals surface area contributed by atoms with Crippen molar-refractivity contribution in [3.05, 3.63) is 18.4 Å². The lowest BCUT2D eigenvalue weighted by atomic mass is 9.84. The van der Waals surface area contributed by atoms with Crippen molar-refractivity contribution >= 4 is 5.78 Å². The summed E-state index contributed by atoms with van der Waals surface area (Å²) in [6.45, 7) is 3.51. The van der Waals surface area contributed by atoms with E-state index in [4.69, 9.17) is 0 Å². The number of ketones is 1. The fourth-order valence-corrected chi connectivity index (χ4v) is 1.93. The molecule has 0 radical (unpaired) electrons. The second kappa shape index (κ2) is 5.77. The Bertz CT molecular complexity index is 211. The topological polar surface area (TPSA) is 17.1 Å². The molecule has 1 saturated carbocycles. The molecule has 0 aromatic carbocycles. The summed E-state index contributed by atoms with van der Waals surface area (Å²) in [5.41, 5.74) is 2.76. The van der Waals surface area contributed by atoms with E-state index in [1.54, 1.807) is 0 Å². The van der Waals surface area contributed by atoms with E-state index in [0.717, 1.165) is 38.5 Å². The summed E-state index contributed by atoms with van der Waals surface area (Å²) in [5.74, 6) is 0.862. The van der Waals surface area contributed by atoms with Gasteiger partial charge in [0.05, 0.1) is 0 Å². The molecule has 0 bridgehead atoms. The summed E-state index contributed by atoms with van der Waals surface area (Å²) < 4.78 is 0. The molecule has 1 rings (SSSR count). The number of carbonyl (C=O) groups is 1. The van der Waals surface area contributed by atoms with Gasteiger partial charge in [-0.05, 0) is 38.2 Å².